The molecule has 0 saturated heterocycles. The Morgan fingerprint density at radius 3 is 2.32 bits per heavy atom. The van der Waals surface area contributed by atoms with E-state index in [0.29, 0.717) is 12.8 Å². The summed E-state index contributed by atoms with van der Waals surface area (Å²) in [4.78, 5) is 12.1. The summed E-state index contributed by atoms with van der Waals surface area (Å²) < 4.78 is 27.1. The van der Waals surface area contributed by atoms with Gasteiger partial charge in [0.2, 0.25) is 15.9 Å². The highest BCUT2D eigenvalue weighted by molar-refractivity contribution is 7.92. The van der Waals surface area contributed by atoms with Crippen molar-refractivity contribution in [3.05, 3.63) is 40.8 Å². The molecule has 0 aliphatic heterocycles. The third kappa shape index (κ3) is 3.96. The molecular formula is C16H22N2O3S. The van der Waals surface area contributed by atoms with Crippen molar-refractivity contribution in [2.75, 3.05) is 7.05 Å². The quantitative estimate of drug-likeness (QED) is 0.870. The van der Waals surface area contributed by atoms with Crippen molar-refractivity contribution in [3.8, 4) is 0 Å². The summed E-state index contributed by atoms with van der Waals surface area (Å²) in [5.74, 6) is -0.266. The molecule has 22 heavy (non-hydrogen) atoms. The lowest BCUT2D eigenvalue weighted by atomic mass is 9.98. The smallest absolute Gasteiger partial charge is 0.241 e. The van der Waals surface area contributed by atoms with E-state index in [4.69, 9.17) is 0 Å². The van der Waals surface area contributed by atoms with E-state index in [9.17, 15) is 13.2 Å². The lowest BCUT2D eigenvalue weighted by molar-refractivity contribution is -0.126. The van der Waals surface area contributed by atoms with Gasteiger partial charge < -0.3 is 5.32 Å². The van der Waals surface area contributed by atoms with Gasteiger partial charge in [0.1, 0.15) is 5.54 Å². The molecule has 0 heterocycles. The van der Waals surface area contributed by atoms with Gasteiger partial charge in [0, 0.05) is 12.5 Å². The molecule has 1 fully saturated rings. The monoisotopic (exact) mass is 322 g/mol. The zero-order valence-corrected chi connectivity index (χ0v) is 13.7. The van der Waals surface area contributed by atoms with Crippen LogP contribution in [0.3, 0.4) is 0 Å². The van der Waals surface area contributed by atoms with Crippen LogP contribution in [0.15, 0.2) is 29.7 Å². The highest BCUT2D eigenvalue weighted by atomic mass is 32.2. The van der Waals surface area contributed by atoms with Crippen LogP contribution in [0.2, 0.25) is 0 Å². The number of amides is 1. The van der Waals surface area contributed by atoms with Crippen molar-refractivity contribution in [3.63, 3.8) is 0 Å². The van der Waals surface area contributed by atoms with Gasteiger partial charge in [-0.2, -0.15) is 4.72 Å². The predicted molar refractivity (Wildman–Crippen MR) is 87.5 cm³/mol. The lowest BCUT2D eigenvalue weighted by Gasteiger charge is -2.27. The fraction of sp³-hybridized carbons (Fsp3) is 0.438. The van der Waals surface area contributed by atoms with E-state index in [-0.39, 0.29) is 5.91 Å². The van der Waals surface area contributed by atoms with E-state index in [1.807, 2.05) is 31.2 Å². The molecule has 1 aliphatic carbocycles. The van der Waals surface area contributed by atoms with Gasteiger partial charge in [0.25, 0.3) is 0 Å². The van der Waals surface area contributed by atoms with Crippen LogP contribution in [0.5, 0.6) is 0 Å². The summed E-state index contributed by atoms with van der Waals surface area (Å²) in [6.07, 6.45) is 4.29. The molecule has 0 bridgehead atoms. The maximum absolute atomic E-state index is 12.3. The molecule has 0 aromatic heterocycles. The molecule has 0 atom stereocenters. The van der Waals surface area contributed by atoms with Crippen LogP contribution < -0.4 is 10.0 Å². The number of carbonyl (C=O) groups excluding carboxylic acids is 1. The Kier molecular flexibility index (Phi) is 5.03. The molecule has 1 saturated carbocycles. The second-order valence-corrected chi connectivity index (χ2v) is 7.30. The number of likely N-dealkylation sites (N-methyl/N-ethyl adjacent to an activating group) is 1. The number of hydrogen-bond donors (Lipinski definition) is 2. The van der Waals surface area contributed by atoms with E-state index in [1.165, 1.54) is 13.1 Å². The highest BCUT2D eigenvalue weighted by Crippen LogP contribution is 2.30. The molecule has 0 radical (unpaired) electrons. The fourth-order valence-electron chi connectivity index (χ4n) is 2.75. The van der Waals surface area contributed by atoms with Crippen LogP contribution in [0.1, 0.15) is 36.8 Å². The summed E-state index contributed by atoms with van der Waals surface area (Å²) in [5, 5.41) is 3.69. The van der Waals surface area contributed by atoms with Crippen LogP contribution >= 0.6 is 0 Å². The summed E-state index contributed by atoms with van der Waals surface area (Å²) in [6, 6.07) is 7.54. The first-order valence-electron chi connectivity index (χ1n) is 7.38. The predicted octanol–water partition coefficient (Wildman–Crippen LogP) is 1.94. The first-order chi connectivity index (χ1) is 10.4. The minimum atomic E-state index is -3.68. The van der Waals surface area contributed by atoms with Crippen molar-refractivity contribution in [1.29, 1.82) is 0 Å². The zero-order valence-electron chi connectivity index (χ0n) is 12.9. The van der Waals surface area contributed by atoms with Crippen molar-refractivity contribution in [2.45, 2.75) is 38.1 Å². The maximum Gasteiger partial charge on any atom is 0.241 e. The maximum atomic E-state index is 12.3. The molecule has 1 aliphatic rings. The van der Waals surface area contributed by atoms with Gasteiger partial charge in [0.05, 0.1) is 0 Å². The number of carbonyl (C=O) groups is 1. The molecule has 5 nitrogen and oxygen atoms in total. The molecule has 1 aromatic rings. The Morgan fingerprint density at radius 2 is 1.77 bits per heavy atom. The number of sulfonamides is 1. The Balaban J connectivity index is 2.16. The molecule has 2 rings (SSSR count). The van der Waals surface area contributed by atoms with E-state index in [1.54, 1.807) is 0 Å². The average Bonchev–Trinajstić information content (AvgIpc) is 2.95. The second-order valence-electron chi connectivity index (χ2n) is 5.73. The molecule has 6 heteroatoms. The molecule has 0 unspecified atom stereocenters. The van der Waals surface area contributed by atoms with Gasteiger partial charge >= 0.3 is 0 Å². The van der Waals surface area contributed by atoms with Gasteiger partial charge in [-0.1, -0.05) is 42.7 Å². The molecular weight excluding hydrogens is 300 g/mol. The van der Waals surface area contributed by atoms with E-state index >= 15 is 0 Å². The Labute approximate surface area is 131 Å². The summed E-state index contributed by atoms with van der Waals surface area (Å²) in [7, 11) is -2.15. The van der Waals surface area contributed by atoms with Gasteiger partial charge in [0.15, 0.2) is 0 Å². The highest BCUT2D eigenvalue weighted by Gasteiger charge is 2.43. The van der Waals surface area contributed by atoms with Crippen molar-refractivity contribution in [2.24, 2.45) is 0 Å². The van der Waals surface area contributed by atoms with E-state index < -0.39 is 15.6 Å². The van der Waals surface area contributed by atoms with E-state index in [2.05, 4.69) is 10.0 Å². The zero-order chi connectivity index (χ0) is 16.2. The normalized spacial score (nSPS) is 17.7. The Morgan fingerprint density at radius 1 is 1.18 bits per heavy atom. The number of nitrogens with one attached hydrogen (secondary N) is 2. The molecule has 120 valence electrons. The fourth-order valence-corrected chi connectivity index (χ4v) is 3.99. The van der Waals surface area contributed by atoms with Crippen LogP contribution in [-0.2, 0) is 14.8 Å². The third-order valence-corrected chi connectivity index (χ3v) is 5.14. The number of rotatable bonds is 5. The minimum absolute atomic E-state index is 0.266. The van der Waals surface area contributed by atoms with Gasteiger partial charge in [-0.15, -0.1) is 0 Å². The van der Waals surface area contributed by atoms with Crippen molar-refractivity contribution >= 4 is 22.0 Å². The number of hydrogen-bond acceptors (Lipinski definition) is 3. The SMILES string of the molecule is CNC(=O)C1(NS(=O)(=O)/C=C\c2ccc(C)cc2)CCCC1. The Hall–Kier alpha value is -1.66. The second kappa shape index (κ2) is 6.62. The van der Waals surface area contributed by atoms with Gasteiger partial charge in [-0.05, 0) is 31.4 Å². The molecule has 0 spiro atoms. The van der Waals surface area contributed by atoms with Gasteiger partial charge in [-0.3, -0.25) is 4.79 Å². The van der Waals surface area contributed by atoms with Crippen LogP contribution in [0.25, 0.3) is 6.08 Å². The third-order valence-electron chi connectivity index (χ3n) is 3.97. The molecule has 1 aromatic carbocycles. The largest absolute Gasteiger partial charge is 0.358 e. The Bertz CT molecular complexity index is 657. The summed E-state index contributed by atoms with van der Waals surface area (Å²) >= 11 is 0. The summed E-state index contributed by atoms with van der Waals surface area (Å²) in [6.45, 7) is 1.97. The standard InChI is InChI=1S/C16H22N2O3S/c1-13-5-7-14(8-6-13)9-12-22(20,21)18-16(15(19)17-2)10-3-4-11-16/h5-9,12,18H,3-4,10-11H2,1-2H3,(H,17,19)/b12-9-. The number of benzene rings is 1. The lowest BCUT2D eigenvalue weighted by Crippen LogP contribution is -2.55. The molecule has 1 amide bonds. The summed E-state index contributed by atoms with van der Waals surface area (Å²) in [5.41, 5.74) is 0.907. The minimum Gasteiger partial charge on any atom is -0.358 e. The van der Waals surface area contributed by atoms with Gasteiger partial charge in [-0.25, -0.2) is 8.42 Å². The van der Waals surface area contributed by atoms with E-state index in [0.717, 1.165) is 29.4 Å². The number of aryl methyl sites for hydroxylation is 1. The first kappa shape index (κ1) is 16.7. The van der Waals surface area contributed by atoms with Crippen LogP contribution in [0, 0.1) is 6.92 Å². The first-order valence-corrected chi connectivity index (χ1v) is 8.92. The van der Waals surface area contributed by atoms with Crippen LogP contribution in [0.4, 0.5) is 0 Å². The average molecular weight is 322 g/mol. The van der Waals surface area contributed by atoms with Crippen molar-refractivity contribution in [1.82, 2.24) is 10.0 Å². The van der Waals surface area contributed by atoms with Crippen molar-refractivity contribution < 1.29 is 13.2 Å². The topological polar surface area (TPSA) is 75.3 Å². The molecule has 2 N–H and O–H groups in total. The van der Waals surface area contributed by atoms with Crippen LogP contribution in [-0.4, -0.2) is 26.9 Å².